The summed E-state index contributed by atoms with van der Waals surface area (Å²) < 4.78 is 27.3. The van der Waals surface area contributed by atoms with E-state index in [1.165, 1.54) is 8.61 Å². The molecule has 28 heavy (non-hydrogen) atoms. The van der Waals surface area contributed by atoms with Crippen molar-refractivity contribution < 1.29 is 13.2 Å². The number of rotatable bonds is 6. The van der Waals surface area contributed by atoms with Gasteiger partial charge in [0.25, 0.3) is 16.1 Å². The van der Waals surface area contributed by atoms with Crippen molar-refractivity contribution in [1.82, 2.24) is 13.9 Å². The molecule has 0 saturated carbocycles. The monoisotopic (exact) mass is 401 g/mol. The van der Waals surface area contributed by atoms with Gasteiger partial charge in [-0.25, -0.2) is 0 Å². The minimum absolute atomic E-state index is 0.121. The van der Waals surface area contributed by atoms with Crippen LogP contribution in [0.3, 0.4) is 0 Å². The molecule has 6 nitrogen and oxygen atoms in total. The zero-order chi connectivity index (χ0) is 20.1. The third kappa shape index (κ3) is 4.79. The number of carbonyl (C=O) groups is 1. The van der Waals surface area contributed by atoms with E-state index in [1.54, 1.807) is 14.1 Å². The van der Waals surface area contributed by atoms with E-state index in [0.29, 0.717) is 25.2 Å². The standard InChI is InChI=1S/C21H27N3O3S/c1-23(2)28(26,27)24-14-6-7-17(16-24)15-22-21(25)20-12-10-19(11-13-20)18-8-4-3-5-9-18/h3-5,8-13,17H,6-7,14-16H2,1-2H3,(H,22,25)/t17-/m1/s1. The number of benzene rings is 2. The maximum absolute atomic E-state index is 12.5. The Kier molecular flexibility index (Phi) is 6.49. The lowest BCUT2D eigenvalue weighted by atomic mass is 9.99. The molecule has 1 fully saturated rings. The third-order valence-electron chi connectivity index (χ3n) is 5.07. The Morgan fingerprint density at radius 3 is 2.36 bits per heavy atom. The molecular weight excluding hydrogens is 374 g/mol. The second-order valence-corrected chi connectivity index (χ2v) is 9.45. The summed E-state index contributed by atoms with van der Waals surface area (Å²) in [6.07, 6.45) is 1.71. The van der Waals surface area contributed by atoms with Crippen LogP contribution in [0.2, 0.25) is 0 Å². The summed E-state index contributed by atoms with van der Waals surface area (Å²) in [4.78, 5) is 12.5. The predicted molar refractivity (Wildman–Crippen MR) is 111 cm³/mol. The fraction of sp³-hybridized carbons (Fsp3) is 0.381. The highest BCUT2D eigenvalue weighted by Gasteiger charge is 2.30. The summed E-state index contributed by atoms with van der Waals surface area (Å²) in [6.45, 7) is 1.44. The quantitative estimate of drug-likeness (QED) is 0.809. The van der Waals surface area contributed by atoms with Gasteiger partial charge < -0.3 is 5.32 Å². The first-order valence-electron chi connectivity index (χ1n) is 9.49. The van der Waals surface area contributed by atoms with Crippen LogP contribution in [0.4, 0.5) is 0 Å². The van der Waals surface area contributed by atoms with Gasteiger partial charge in [0.05, 0.1) is 0 Å². The second kappa shape index (κ2) is 8.86. The van der Waals surface area contributed by atoms with Gasteiger partial charge in [0, 0.05) is 39.3 Å². The molecule has 1 aliphatic heterocycles. The highest BCUT2D eigenvalue weighted by Crippen LogP contribution is 2.21. The van der Waals surface area contributed by atoms with Crippen LogP contribution in [-0.2, 0) is 10.2 Å². The van der Waals surface area contributed by atoms with Gasteiger partial charge in [-0.2, -0.15) is 17.0 Å². The average molecular weight is 402 g/mol. The predicted octanol–water partition coefficient (Wildman–Crippen LogP) is 2.60. The molecule has 0 unspecified atom stereocenters. The van der Waals surface area contributed by atoms with Gasteiger partial charge in [-0.1, -0.05) is 42.5 Å². The van der Waals surface area contributed by atoms with Crippen LogP contribution in [0.15, 0.2) is 54.6 Å². The summed E-state index contributed by atoms with van der Waals surface area (Å²) in [5.41, 5.74) is 2.78. The van der Waals surface area contributed by atoms with Gasteiger partial charge >= 0.3 is 0 Å². The molecule has 150 valence electrons. The number of carbonyl (C=O) groups excluding carboxylic acids is 1. The molecule has 1 amide bonds. The van der Waals surface area contributed by atoms with Crippen molar-refractivity contribution in [3.05, 3.63) is 60.2 Å². The minimum Gasteiger partial charge on any atom is -0.352 e. The van der Waals surface area contributed by atoms with Gasteiger partial charge in [-0.3, -0.25) is 4.79 Å². The van der Waals surface area contributed by atoms with Crippen LogP contribution in [0.5, 0.6) is 0 Å². The first kappa shape index (κ1) is 20.5. The molecule has 0 aromatic heterocycles. The highest BCUT2D eigenvalue weighted by molar-refractivity contribution is 7.86. The van der Waals surface area contributed by atoms with Crippen LogP contribution in [0.1, 0.15) is 23.2 Å². The van der Waals surface area contributed by atoms with E-state index in [2.05, 4.69) is 5.32 Å². The summed E-state index contributed by atoms with van der Waals surface area (Å²) in [7, 11) is -0.318. The first-order chi connectivity index (χ1) is 13.4. The molecule has 2 aromatic carbocycles. The normalized spacial score (nSPS) is 18.2. The summed E-state index contributed by atoms with van der Waals surface area (Å²) in [5.74, 6) is -0.0109. The molecule has 0 bridgehead atoms. The van der Waals surface area contributed by atoms with Gasteiger partial charge in [-0.05, 0) is 42.0 Å². The molecule has 0 aliphatic carbocycles. The Morgan fingerprint density at radius 1 is 1.07 bits per heavy atom. The van der Waals surface area contributed by atoms with E-state index in [4.69, 9.17) is 0 Å². The van der Waals surface area contributed by atoms with Crippen LogP contribution in [0, 0.1) is 5.92 Å². The largest absolute Gasteiger partial charge is 0.352 e. The first-order valence-corrected chi connectivity index (χ1v) is 10.9. The van der Waals surface area contributed by atoms with Gasteiger partial charge in [0.1, 0.15) is 0 Å². The van der Waals surface area contributed by atoms with E-state index in [0.717, 1.165) is 24.0 Å². The molecule has 0 spiro atoms. The van der Waals surface area contributed by atoms with Crippen molar-refractivity contribution in [3.63, 3.8) is 0 Å². The Balaban J connectivity index is 1.57. The van der Waals surface area contributed by atoms with Gasteiger partial charge in [-0.15, -0.1) is 0 Å². The summed E-state index contributed by atoms with van der Waals surface area (Å²) in [5, 5.41) is 2.96. The molecule has 0 radical (unpaired) electrons. The fourth-order valence-corrected chi connectivity index (χ4v) is 4.64. The van der Waals surface area contributed by atoms with E-state index < -0.39 is 10.2 Å². The maximum Gasteiger partial charge on any atom is 0.281 e. The number of amides is 1. The van der Waals surface area contributed by atoms with E-state index in [9.17, 15) is 13.2 Å². The van der Waals surface area contributed by atoms with E-state index >= 15 is 0 Å². The Labute approximate surface area is 167 Å². The van der Waals surface area contributed by atoms with Crippen LogP contribution in [-0.4, -0.2) is 56.7 Å². The minimum atomic E-state index is -3.40. The topological polar surface area (TPSA) is 69.7 Å². The molecule has 2 aromatic rings. The second-order valence-electron chi connectivity index (χ2n) is 7.31. The van der Waals surface area contributed by atoms with Crippen molar-refractivity contribution in [1.29, 1.82) is 0 Å². The molecule has 1 saturated heterocycles. The molecule has 1 N–H and O–H groups in total. The molecule has 1 heterocycles. The zero-order valence-electron chi connectivity index (χ0n) is 16.3. The van der Waals surface area contributed by atoms with Crippen molar-refractivity contribution in [2.75, 3.05) is 33.7 Å². The van der Waals surface area contributed by atoms with Crippen LogP contribution < -0.4 is 5.32 Å². The Bertz CT molecular complexity index is 896. The van der Waals surface area contributed by atoms with Crippen molar-refractivity contribution in [3.8, 4) is 11.1 Å². The Morgan fingerprint density at radius 2 is 1.71 bits per heavy atom. The fourth-order valence-electron chi connectivity index (χ4n) is 3.42. The smallest absolute Gasteiger partial charge is 0.281 e. The number of piperidine rings is 1. The molecule has 1 atom stereocenters. The van der Waals surface area contributed by atoms with Crippen LogP contribution >= 0.6 is 0 Å². The lowest BCUT2D eigenvalue weighted by molar-refractivity contribution is 0.0941. The Hall–Kier alpha value is -2.22. The molecular formula is C21H27N3O3S. The SMILES string of the molecule is CN(C)S(=O)(=O)N1CCC[C@H](CNC(=O)c2ccc(-c3ccccc3)cc2)C1. The maximum atomic E-state index is 12.5. The lowest BCUT2D eigenvalue weighted by Gasteiger charge is -2.33. The van der Waals surface area contributed by atoms with Gasteiger partial charge in [0.2, 0.25) is 0 Å². The van der Waals surface area contributed by atoms with Gasteiger partial charge in [0.15, 0.2) is 0 Å². The number of hydrogen-bond donors (Lipinski definition) is 1. The van der Waals surface area contributed by atoms with E-state index in [-0.39, 0.29) is 11.8 Å². The summed E-state index contributed by atoms with van der Waals surface area (Å²) in [6, 6.07) is 17.5. The number of nitrogens with zero attached hydrogens (tertiary/aromatic N) is 2. The lowest BCUT2D eigenvalue weighted by Crippen LogP contribution is -2.47. The summed E-state index contributed by atoms with van der Waals surface area (Å²) >= 11 is 0. The molecule has 7 heteroatoms. The average Bonchev–Trinajstić information content (AvgIpc) is 2.73. The van der Waals surface area contributed by atoms with Crippen molar-refractivity contribution in [2.45, 2.75) is 12.8 Å². The van der Waals surface area contributed by atoms with E-state index in [1.807, 2.05) is 54.6 Å². The highest BCUT2D eigenvalue weighted by atomic mass is 32.2. The number of nitrogens with one attached hydrogen (secondary N) is 1. The number of hydrogen-bond acceptors (Lipinski definition) is 3. The molecule has 3 rings (SSSR count). The third-order valence-corrected chi connectivity index (χ3v) is 6.98. The van der Waals surface area contributed by atoms with Crippen LogP contribution in [0.25, 0.3) is 11.1 Å². The van der Waals surface area contributed by atoms with Crippen molar-refractivity contribution >= 4 is 16.1 Å². The van der Waals surface area contributed by atoms with Crippen molar-refractivity contribution in [2.24, 2.45) is 5.92 Å². The zero-order valence-corrected chi connectivity index (χ0v) is 17.2. The molecule has 1 aliphatic rings.